The van der Waals surface area contributed by atoms with Gasteiger partial charge in [0.25, 0.3) is 0 Å². The summed E-state index contributed by atoms with van der Waals surface area (Å²) in [6, 6.07) is 40.1. The van der Waals surface area contributed by atoms with Crippen LogP contribution in [0, 0.1) is 13.8 Å². The van der Waals surface area contributed by atoms with Gasteiger partial charge in [0.05, 0.1) is 0 Å². The molecular weight excluding hydrogens is 609 g/mol. The van der Waals surface area contributed by atoms with Crippen molar-refractivity contribution in [1.29, 1.82) is 0 Å². The minimum absolute atomic E-state index is 0.0409. The van der Waals surface area contributed by atoms with Gasteiger partial charge < -0.3 is 13.3 Å². The summed E-state index contributed by atoms with van der Waals surface area (Å²) in [4.78, 5) is 0. The molecule has 50 heavy (non-hydrogen) atoms. The van der Waals surface area contributed by atoms with Gasteiger partial charge in [-0.05, 0) is 72.1 Å². The fourth-order valence-electron chi connectivity index (χ4n) is 10.4. The van der Waals surface area contributed by atoms with Crippen LogP contribution in [0.25, 0.3) is 66.9 Å². The van der Waals surface area contributed by atoms with Crippen molar-refractivity contribution in [2.75, 3.05) is 0 Å². The fourth-order valence-corrected chi connectivity index (χ4v) is 10.4. The second kappa shape index (κ2) is 9.60. The molecule has 1 aliphatic heterocycles. The van der Waals surface area contributed by atoms with Gasteiger partial charge in [-0.2, -0.15) is 0 Å². The van der Waals surface area contributed by atoms with E-state index < -0.39 is 0 Å². The molecule has 0 saturated carbocycles. The van der Waals surface area contributed by atoms with Crippen molar-refractivity contribution in [2.45, 2.75) is 51.8 Å². The zero-order valence-electron chi connectivity index (χ0n) is 29.0. The van der Waals surface area contributed by atoms with Gasteiger partial charge in [0.2, 0.25) is 0 Å². The second-order valence-electron chi connectivity index (χ2n) is 15.2. The Bertz CT molecular complexity index is 2910. The van der Waals surface area contributed by atoms with E-state index in [1.165, 1.54) is 77.2 Å². The standard InChI is InChI=1S/C46H36BNO2/c1-25-28(40-27(3)49-39-23-11-8-16-32(39)40)17-13-21-37(25)47-42-26(2)45-35(29-14-7-10-22-38(29)50-45)24-34(42)30-18-12-19-33-41-44(48(47)43(30)33)31-15-6-9-20-36(31)46(41,4)5/h6-24,34,42H,1-5H3. The second-order valence-corrected chi connectivity index (χ2v) is 15.2. The van der Waals surface area contributed by atoms with Crippen molar-refractivity contribution in [3.8, 4) is 22.4 Å². The summed E-state index contributed by atoms with van der Waals surface area (Å²) in [5.74, 6) is 1.31. The number of rotatable bonds is 2. The number of fused-ring (bicyclic) bond motifs is 11. The topological polar surface area (TPSA) is 31.2 Å². The molecule has 3 aromatic heterocycles. The average molecular weight is 646 g/mol. The third-order valence-electron chi connectivity index (χ3n) is 12.5. The Morgan fingerprint density at radius 2 is 1.36 bits per heavy atom. The van der Waals surface area contributed by atoms with Gasteiger partial charge in [0.1, 0.15) is 22.3 Å². The first-order valence-corrected chi connectivity index (χ1v) is 17.9. The van der Waals surface area contributed by atoms with Crippen LogP contribution >= 0.6 is 0 Å². The van der Waals surface area contributed by atoms with E-state index in [0.717, 1.165) is 27.7 Å². The van der Waals surface area contributed by atoms with E-state index in [-0.39, 0.29) is 24.0 Å². The lowest BCUT2D eigenvalue weighted by atomic mass is 9.38. The van der Waals surface area contributed by atoms with Gasteiger partial charge in [0.15, 0.2) is 0 Å². The Morgan fingerprint density at radius 1 is 0.680 bits per heavy atom. The zero-order valence-corrected chi connectivity index (χ0v) is 29.0. The van der Waals surface area contributed by atoms with E-state index in [1.54, 1.807) is 0 Å². The molecule has 0 N–H and O–H groups in total. The Kier molecular flexibility index (Phi) is 5.45. The van der Waals surface area contributed by atoms with Crippen molar-refractivity contribution < 1.29 is 8.83 Å². The van der Waals surface area contributed by atoms with E-state index >= 15 is 0 Å². The summed E-state index contributed by atoms with van der Waals surface area (Å²) in [6.07, 6.45) is 2.54. The van der Waals surface area contributed by atoms with Crippen LogP contribution in [0.1, 0.15) is 54.7 Å². The summed E-state index contributed by atoms with van der Waals surface area (Å²) >= 11 is 0. The van der Waals surface area contributed by atoms with Crippen molar-refractivity contribution in [2.24, 2.45) is 0 Å². The summed E-state index contributed by atoms with van der Waals surface area (Å²) in [5, 5.41) is 4.97. The molecule has 0 bridgehead atoms. The van der Waals surface area contributed by atoms with Crippen molar-refractivity contribution >= 4 is 56.8 Å². The number of nitrogens with zero attached hydrogens (tertiary/aromatic N) is 1. The smallest absolute Gasteiger partial charge is 0.302 e. The lowest BCUT2D eigenvalue weighted by molar-refractivity contribution is 0.564. The molecule has 11 rings (SSSR count). The van der Waals surface area contributed by atoms with Gasteiger partial charge in [-0.15, -0.1) is 0 Å². The number of hydrogen-bond acceptors (Lipinski definition) is 2. The van der Waals surface area contributed by atoms with Crippen molar-refractivity contribution in [1.82, 2.24) is 4.48 Å². The number of furan rings is 2. The highest BCUT2D eigenvalue weighted by molar-refractivity contribution is 6.77. The Morgan fingerprint density at radius 3 is 2.20 bits per heavy atom. The molecule has 5 aromatic carbocycles. The minimum atomic E-state index is -0.123. The molecule has 0 saturated heterocycles. The summed E-state index contributed by atoms with van der Waals surface area (Å²) < 4.78 is 15.8. The summed E-state index contributed by atoms with van der Waals surface area (Å²) in [6.45, 7) is 11.6. The molecule has 240 valence electrons. The number of para-hydroxylation sites is 3. The van der Waals surface area contributed by atoms with Gasteiger partial charge >= 0.3 is 6.85 Å². The predicted octanol–water partition coefficient (Wildman–Crippen LogP) is 9.60. The molecule has 0 amide bonds. The highest BCUT2D eigenvalue weighted by atomic mass is 16.3. The first kappa shape index (κ1) is 28.4. The predicted molar refractivity (Wildman–Crippen MR) is 207 cm³/mol. The monoisotopic (exact) mass is 645 g/mol. The maximum Gasteiger partial charge on any atom is 0.302 e. The SMILES string of the molecule is CC1=c2oc3ccccc3c2=CC2c3cccc4c5c(n(c34)B(c3cccc(-c4c(C)oc6ccccc46)c3C)C12)-c1ccccc1C5(C)C. The van der Waals surface area contributed by atoms with Crippen LogP contribution in [0.15, 0.2) is 118 Å². The van der Waals surface area contributed by atoms with Gasteiger partial charge in [-0.25, -0.2) is 0 Å². The molecule has 3 nitrogen and oxygen atoms in total. The molecule has 4 heterocycles. The van der Waals surface area contributed by atoms with Gasteiger partial charge in [-0.3, -0.25) is 0 Å². The molecule has 3 aliphatic rings. The molecule has 0 spiro atoms. The molecule has 2 atom stereocenters. The highest BCUT2D eigenvalue weighted by Crippen LogP contribution is 2.57. The van der Waals surface area contributed by atoms with E-state index in [2.05, 4.69) is 154 Å². The molecule has 0 radical (unpaired) electrons. The van der Waals surface area contributed by atoms with Crippen LogP contribution in [0.2, 0.25) is 5.82 Å². The summed E-state index contributed by atoms with van der Waals surface area (Å²) in [7, 11) is 0. The Labute approximate surface area is 291 Å². The van der Waals surface area contributed by atoms with Crippen LogP contribution in [0.5, 0.6) is 0 Å². The van der Waals surface area contributed by atoms with E-state index in [9.17, 15) is 0 Å². The molecule has 2 aliphatic carbocycles. The third-order valence-corrected chi connectivity index (χ3v) is 12.5. The normalized spacial score (nSPS) is 18.3. The minimum Gasteiger partial charge on any atom is -0.461 e. The first-order chi connectivity index (χ1) is 24.3. The highest BCUT2D eigenvalue weighted by Gasteiger charge is 2.50. The van der Waals surface area contributed by atoms with Gasteiger partial charge in [0, 0.05) is 55.0 Å². The van der Waals surface area contributed by atoms with Crippen molar-refractivity contribution in [3.63, 3.8) is 0 Å². The van der Waals surface area contributed by atoms with Gasteiger partial charge in [-0.1, -0.05) is 122 Å². The van der Waals surface area contributed by atoms with E-state index in [0.29, 0.717) is 0 Å². The fraction of sp³-hybridized carbons (Fsp3) is 0.174. The van der Waals surface area contributed by atoms with Crippen LogP contribution in [0.4, 0.5) is 0 Å². The third kappa shape index (κ3) is 3.37. The molecule has 0 fully saturated rings. The van der Waals surface area contributed by atoms with Crippen LogP contribution in [0.3, 0.4) is 0 Å². The average Bonchev–Trinajstić information content (AvgIpc) is 3.84. The zero-order chi connectivity index (χ0) is 33.6. The van der Waals surface area contributed by atoms with Crippen LogP contribution in [-0.2, 0) is 5.41 Å². The quantitative estimate of drug-likeness (QED) is 0.175. The number of benzene rings is 5. The lowest BCUT2D eigenvalue weighted by Gasteiger charge is -2.40. The first-order valence-electron chi connectivity index (χ1n) is 17.9. The number of hydrogen-bond donors (Lipinski definition) is 0. The molecule has 8 aromatic rings. The lowest BCUT2D eigenvalue weighted by Crippen LogP contribution is -2.50. The van der Waals surface area contributed by atoms with Crippen LogP contribution in [-0.4, -0.2) is 11.3 Å². The largest absolute Gasteiger partial charge is 0.461 e. The molecule has 2 unspecified atom stereocenters. The van der Waals surface area contributed by atoms with Crippen molar-refractivity contribution in [3.05, 3.63) is 148 Å². The maximum absolute atomic E-state index is 6.75. The number of aryl methyl sites for hydroxylation is 1. The maximum atomic E-state index is 6.75. The van der Waals surface area contributed by atoms with E-state index in [4.69, 9.17) is 8.83 Å². The van der Waals surface area contributed by atoms with Crippen LogP contribution < -0.4 is 16.1 Å². The Hall–Kier alpha value is -5.48. The number of aromatic nitrogens is 1. The summed E-state index contributed by atoms with van der Waals surface area (Å²) in [5.41, 5.74) is 17.6. The molecule has 4 heteroatoms. The Balaban J connectivity index is 1.29. The molecular formula is C46H36BNO2. The van der Waals surface area contributed by atoms with E-state index in [1.807, 2.05) is 0 Å².